The first-order chi connectivity index (χ1) is 11.4. The lowest BCUT2D eigenvalue weighted by molar-refractivity contribution is -0.384. The van der Waals surface area contributed by atoms with Crippen molar-refractivity contribution >= 4 is 28.9 Å². The summed E-state index contributed by atoms with van der Waals surface area (Å²) < 4.78 is 5.44. The van der Waals surface area contributed by atoms with Gasteiger partial charge in [-0.1, -0.05) is 29.8 Å². The van der Waals surface area contributed by atoms with Gasteiger partial charge in [-0.15, -0.1) is 0 Å². The number of halogens is 1. The van der Waals surface area contributed by atoms with Gasteiger partial charge in [-0.2, -0.15) is 0 Å². The van der Waals surface area contributed by atoms with Gasteiger partial charge in [-0.25, -0.2) is 0 Å². The van der Waals surface area contributed by atoms with Gasteiger partial charge < -0.3 is 9.64 Å². The Bertz CT molecular complexity index is 735. The lowest BCUT2D eigenvalue weighted by atomic mass is 10.2. The van der Waals surface area contributed by atoms with E-state index in [9.17, 15) is 14.9 Å². The first-order valence-electron chi connectivity index (χ1n) is 7.34. The van der Waals surface area contributed by atoms with Crippen LogP contribution >= 0.6 is 11.6 Å². The van der Waals surface area contributed by atoms with Crippen LogP contribution in [0.5, 0.6) is 5.75 Å². The summed E-state index contributed by atoms with van der Waals surface area (Å²) in [6.45, 7) is 3.60. The molecule has 0 saturated heterocycles. The van der Waals surface area contributed by atoms with E-state index in [2.05, 4.69) is 0 Å². The first kappa shape index (κ1) is 17.7. The molecule has 0 atom stereocenters. The lowest BCUT2D eigenvalue weighted by Crippen LogP contribution is -2.40. The molecule has 0 unspecified atom stereocenters. The second-order valence-electron chi connectivity index (χ2n) is 5.35. The number of ether oxygens (including phenoxy) is 1. The van der Waals surface area contributed by atoms with Gasteiger partial charge in [0.15, 0.2) is 6.61 Å². The zero-order valence-electron chi connectivity index (χ0n) is 13.3. The van der Waals surface area contributed by atoms with E-state index >= 15 is 0 Å². The normalized spacial score (nSPS) is 10.5. The van der Waals surface area contributed by atoms with Gasteiger partial charge in [-0.05, 0) is 32.0 Å². The van der Waals surface area contributed by atoms with E-state index in [0.29, 0.717) is 0 Å². The number of amides is 1. The zero-order chi connectivity index (χ0) is 17.7. The van der Waals surface area contributed by atoms with Crippen LogP contribution in [-0.2, 0) is 4.79 Å². The van der Waals surface area contributed by atoms with Crippen molar-refractivity contribution in [1.29, 1.82) is 0 Å². The smallest absolute Gasteiger partial charge is 0.271 e. The standard InChI is InChI=1S/C17H17ClN2O4/c1-12(2)19(13-6-4-3-5-7-13)17(21)11-24-16-9-8-14(20(22)23)10-15(16)18/h3-10,12H,11H2,1-2H3. The number of rotatable bonds is 6. The highest BCUT2D eigenvalue weighted by Gasteiger charge is 2.20. The fraction of sp³-hybridized carbons (Fsp3) is 0.235. The summed E-state index contributed by atoms with van der Waals surface area (Å²) in [5.41, 5.74) is 0.641. The van der Waals surface area contributed by atoms with Crippen molar-refractivity contribution < 1.29 is 14.5 Å². The highest BCUT2D eigenvalue weighted by Crippen LogP contribution is 2.28. The summed E-state index contributed by atoms with van der Waals surface area (Å²) in [5.74, 6) is -0.00185. The van der Waals surface area contributed by atoms with Crippen molar-refractivity contribution in [2.24, 2.45) is 0 Å². The molecule has 0 aliphatic heterocycles. The Morgan fingerprint density at radius 1 is 1.25 bits per heavy atom. The number of anilines is 1. The SMILES string of the molecule is CC(C)N(C(=O)COc1ccc([N+](=O)[O-])cc1Cl)c1ccccc1. The van der Waals surface area contributed by atoms with Crippen LogP contribution < -0.4 is 9.64 Å². The van der Waals surface area contributed by atoms with Gasteiger partial charge in [0.2, 0.25) is 0 Å². The number of nitrogens with zero attached hydrogens (tertiary/aromatic N) is 2. The van der Waals surface area contributed by atoms with Crippen molar-refractivity contribution in [1.82, 2.24) is 0 Å². The average Bonchev–Trinajstić information content (AvgIpc) is 2.54. The molecule has 0 bridgehead atoms. The third-order valence-corrected chi connectivity index (χ3v) is 3.59. The summed E-state index contributed by atoms with van der Waals surface area (Å²) in [5, 5.41) is 10.8. The molecule has 0 spiro atoms. The van der Waals surface area contributed by atoms with Crippen LogP contribution in [0.25, 0.3) is 0 Å². The highest BCUT2D eigenvalue weighted by molar-refractivity contribution is 6.32. The van der Waals surface area contributed by atoms with Crippen molar-refractivity contribution in [2.75, 3.05) is 11.5 Å². The predicted octanol–water partition coefficient (Wildman–Crippen LogP) is 4.07. The van der Waals surface area contributed by atoms with Gasteiger partial charge in [0.05, 0.1) is 9.95 Å². The van der Waals surface area contributed by atoms with Gasteiger partial charge in [-0.3, -0.25) is 14.9 Å². The molecule has 1 amide bonds. The minimum absolute atomic E-state index is 0.0455. The molecule has 7 heteroatoms. The van der Waals surface area contributed by atoms with Gasteiger partial charge >= 0.3 is 0 Å². The molecule has 24 heavy (non-hydrogen) atoms. The summed E-state index contributed by atoms with van der Waals surface area (Å²) >= 11 is 5.96. The molecule has 6 nitrogen and oxygen atoms in total. The first-order valence-corrected chi connectivity index (χ1v) is 7.72. The van der Waals surface area contributed by atoms with Crippen molar-refractivity contribution in [2.45, 2.75) is 19.9 Å². The van der Waals surface area contributed by atoms with Crippen molar-refractivity contribution in [3.63, 3.8) is 0 Å². The van der Waals surface area contributed by atoms with E-state index < -0.39 is 4.92 Å². The molecule has 2 aromatic carbocycles. The summed E-state index contributed by atoms with van der Waals surface area (Å²) in [4.78, 5) is 24.3. The fourth-order valence-electron chi connectivity index (χ4n) is 2.25. The molecule has 0 saturated carbocycles. The molecule has 2 aromatic rings. The van der Waals surface area contributed by atoms with Crippen molar-refractivity contribution in [3.8, 4) is 5.75 Å². The molecule has 0 aromatic heterocycles. The lowest BCUT2D eigenvalue weighted by Gasteiger charge is -2.26. The van der Waals surface area contributed by atoms with E-state index in [1.165, 1.54) is 18.2 Å². The maximum atomic E-state index is 12.5. The summed E-state index contributed by atoms with van der Waals surface area (Å²) in [6.07, 6.45) is 0. The molecule has 126 valence electrons. The molecular formula is C17H17ClN2O4. The Morgan fingerprint density at radius 2 is 1.92 bits per heavy atom. The van der Waals surface area contributed by atoms with E-state index in [-0.39, 0.29) is 35.0 Å². The number of non-ortho nitro benzene ring substituents is 1. The quantitative estimate of drug-likeness (QED) is 0.582. The Morgan fingerprint density at radius 3 is 2.46 bits per heavy atom. The number of hydrogen-bond donors (Lipinski definition) is 0. The van der Waals surface area contributed by atoms with Crippen molar-refractivity contribution in [3.05, 3.63) is 63.7 Å². The van der Waals surface area contributed by atoms with E-state index in [0.717, 1.165) is 5.69 Å². The van der Waals surface area contributed by atoms with Gasteiger partial charge in [0.25, 0.3) is 11.6 Å². The number of nitro groups is 1. The Labute approximate surface area is 144 Å². The number of nitro benzene ring substituents is 1. The van der Waals surface area contributed by atoms with E-state index in [4.69, 9.17) is 16.3 Å². The third kappa shape index (κ3) is 4.23. The number of hydrogen-bond acceptors (Lipinski definition) is 4. The summed E-state index contributed by atoms with van der Waals surface area (Å²) in [7, 11) is 0. The number of carbonyl (C=O) groups is 1. The second-order valence-corrected chi connectivity index (χ2v) is 5.76. The minimum atomic E-state index is -0.545. The maximum absolute atomic E-state index is 12.5. The van der Waals surface area contributed by atoms with E-state index in [1.807, 2.05) is 44.2 Å². The van der Waals surface area contributed by atoms with Gasteiger partial charge in [0.1, 0.15) is 5.75 Å². The monoisotopic (exact) mass is 348 g/mol. The van der Waals surface area contributed by atoms with Crippen LogP contribution in [-0.4, -0.2) is 23.5 Å². The maximum Gasteiger partial charge on any atom is 0.271 e. The molecule has 0 N–H and O–H groups in total. The Balaban J connectivity index is 2.10. The zero-order valence-corrected chi connectivity index (χ0v) is 14.1. The molecule has 0 radical (unpaired) electrons. The largest absolute Gasteiger partial charge is 0.482 e. The number of benzene rings is 2. The van der Waals surface area contributed by atoms with Crippen LogP contribution in [0, 0.1) is 10.1 Å². The topological polar surface area (TPSA) is 72.7 Å². The van der Waals surface area contributed by atoms with Crippen LogP contribution in [0.2, 0.25) is 5.02 Å². The number of para-hydroxylation sites is 1. The molecule has 0 aliphatic carbocycles. The fourth-order valence-corrected chi connectivity index (χ4v) is 2.48. The van der Waals surface area contributed by atoms with Crippen LogP contribution in [0.15, 0.2) is 48.5 Å². The molecule has 2 rings (SSSR count). The molecule has 0 heterocycles. The second kappa shape index (κ2) is 7.79. The van der Waals surface area contributed by atoms with E-state index in [1.54, 1.807) is 4.90 Å². The average molecular weight is 349 g/mol. The third-order valence-electron chi connectivity index (χ3n) is 3.30. The molecule has 0 aliphatic rings. The molecule has 0 fully saturated rings. The van der Waals surface area contributed by atoms with Gasteiger partial charge in [0, 0.05) is 23.9 Å². The highest BCUT2D eigenvalue weighted by atomic mass is 35.5. The Kier molecular flexibility index (Phi) is 5.76. The van der Waals surface area contributed by atoms with Crippen LogP contribution in [0.4, 0.5) is 11.4 Å². The Hall–Kier alpha value is -2.60. The minimum Gasteiger partial charge on any atom is -0.482 e. The molecular weight excluding hydrogens is 332 g/mol. The predicted molar refractivity (Wildman–Crippen MR) is 92.7 cm³/mol. The summed E-state index contributed by atoms with van der Waals surface area (Å²) in [6, 6.07) is 13.1. The van der Waals surface area contributed by atoms with Crippen LogP contribution in [0.3, 0.4) is 0 Å². The number of carbonyl (C=O) groups excluding carboxylic acids is 1. The van der Waals surface area contributed by atoms with Crippen LogP contribution in [0.1, 0.15) is 13.8 Å².